The minimum atomic E-state index is 0.550. The van der Waals surface area contributed by atoms with Gasteiger partial charge < -0.3 is 15.1 Å². The van der Waals surface area contributed by atoms with E-state index in [2.05, 4.69) is 28.9 Å². The number of nitrogens with two attached hydrogens (primary N) is 1. The van der Waals surface area contributed by atoms with E-state index in [0.717, 1.165) is 13.1 Å². The van der Waals surface area contributed by atoms with Gasteiger partial charge in [0.15, 0.2) is 0 Å². The molecule has 0 amide bonds. The number of anilines is 1. The van der Waals surface area contributed by atoms with Gasteiger partial charge in [-0.05, 0) is 18.3 Å². The van der Waals surface area contributed by atoms with Crippen LogP contribution in [0.1, 0.15) is 26.2 Å². The third-order valence-electron chi connectivity index (χ3n) is 2.95. The summed E-state index contributed by atoms with van der Waals surface area (Å²) in [6, 6.07) is 0.654. The van der Waals surface area contributed by atoms with Crippen molar-refractivity contribution in [2.75, 3.05) is 24.5 Å². The van der Waals surface area contributed by atoms with Crippen molar-refractivity contribution in [2.45, 2.75) is 26.7 Å². The summed E-state index contributed by atoms with van der Waals surface area (Å²) < 4.78 is 5.58. The van der Waals surface area contributed by atoms with Crippen molar-refractivity contribution in [3.05, 3.63) is 5.89 Å². The molecule has 0 spiro atoms. The molecule has 2 heterocycles. The predicted molar refractivity (Wildman–Crippen MR) is 62.2 cm³/mol. The standard InChI is InChI=1S/C11H20N4O/c1-8-5-9(2)7-15(6-8)11-14-13-10(16-11)3-4-12/h8-9H,3-7,12H2,1-2H3. The van der Waals surface area contributed by atoms with Crippen LogP contribution in [0.3, 0.4) is 0 Å². The maximum absolute atomic E-state index is 5.58. The largest absolute Gasteiger partial charge is 0.408 e. The van der Waals surface area contributed by atoms with Gasteiger partial charge in [0, 0.05) is 26.1 Å². The van der Waals surface area contributed by atoms with Crippen molar-refractivity contribution in [1.82, 2.24) is 10.2 Å². The molecule has 5 heteroatoms. The van der Waals surface area contributed by atoms with Crippen molar-refractivity contribution in [2.24, 2.45) is 17.6 Å². The van der Waals surface area contributed by atoms with Crippen molar-refractivity contribution in [3.8, 4) is 0 Å². The molecule has 0 radical (unpaired) electrons. The Morgan fingerprint density at radius 1 is 1.31 bits per heavy atom. The molecule has 2 atom stereocenters. The molecule has 0 aliphatic carbocycles. The average Bonchev–Trinajstić information content (AvgIpc) is 2.65. The van der Waals surface area contributed by atoms with Gasteiger partial charge in [0.2, 0.25) is 5.89 Å². The second-order valence-electron chi connectivity index (χ2n) is 4.87. The topological polar surface area (TPSA) is 68.2 Å². The summed E-state index contributed by atoms with van der Waals surface area (Å²) in [7, 11) is 0. The van der Waals surface area contributed by atoms with E-state index in [9.17, 15) is 0 Å². The summed E-state index contributed by atoms with van der Waals surface area (Å²) in [6.45, 7) is 7.09. The van der Waals surface area contributed by atoms with E-state index in [0.29, 0.717) is 36.7 Å². The van der Waals surface area contributed by atoms with E-state index in [1.54, 1.807) is 0 Å². The van der Waals surface area contributed by atoms with Gasteiger partial charge in [-0.1, -0.05) is 18.9 Å². The summed E-state index contributed by atoms with van der Waals surface area (Å²) in [4.78, 5) is 2.19. The molecule has 1 saturated heterocycles. The molecular formula is C11H20N4O. The Morgan fingerprint density at radius 2 is 2.00 bits per heavy atom. The van der Waals surface area contributed by atoms with Crippen LogP contribution in [-0.4, -0.2) is 29.8 Å². The van der Waals surface area contributed by atoms with Crippen LogP contribution in [-0.2, 0) is 6.42 Å². The number of rotatable bonds is 3. The summed E-state index contributed by atoms with van der Waals surface area (Å²) in [5, 5.41) is 8.07. The highest BCUT2D eigenvalue weighted by Gasteiger charge is 2.25. The van der Waals surface area contributed by atoms with Gasteiger partial charge in [-0.3, -0.25) is 0 Å². The highest BCUT2D eigenvalue weighted by Crippen LogP contribution is 2.25. The molecule has 1 aliphatic rings. The van der Waals surface area contributed by atoms with Crippen LogP contribution in [0, 0.1) is 11.8 Å². The first-order valence-corrected chi connectivity index (χ1v) is 5.96. The van der Waals surface area contributed by atoms with Crippen molar-refractivity contribution >= 4 is 6.01 Å². The lowest BCUT2D eigenvalue weighted by Gasteiger charge is -2.33. The molecule has 90 valence electrons. The lowest BCUT2D eigenvalue weighted by Crippen LogP contribution is -2.38. The Hall–Kier alpha value is -1.10. The van der Waals surface area contributed by atoms with E-state index < -0.39 is 0 Å². The number of hydrogen-bond acceptors (Lipinski definition) is 5. The Morgan fingerprint density at radius 3 is 2.62 bits per heavy atom. The van der Waals surface area contributed by atoms with E-state index in [4.69, 9.17) is 10.2 Å². The Labute approximate surface area is 96.0 Å². The highest BCUT2D eigenvalue weighted by atomic mass is 16.4. The molecule has 1 fully saturated rings. The maximum Gasteiger partial charge on any atom is 0.318 e. The van der Waals surface area contributed by atoms with Gasteiger partial charge >= 0.3 is 6.01 Å². The van der Waals surface area contributed by atoms with Crippen molar-refractivity contribution < 1.29 is 4.42 Å². The SMILES string of the molecule is CC1CC(C)CN(c2nnc(CCN)o2)C1. The fourth-order valence-corrected chi connectivity index (χ4v) is 2.42. The van der Waals surface area contributed by atoms with Crippen LogP contribution in [0.15, 0.2) is 4.42 Å². The molecule has 0 bridgehead atoms. The average molecular weight is 224 g/mol. The highest BCUT2D eigenvalue weighted by molar-refractivity contribution is 5.25. The Bertz CT molecular complexity index is 328. The third kappa shape index (κ3) is 2.52. The van der Waals surface area contributed by atoms with Gasteiger partial charge in [0.25, 0.3) is 0 Å². The zero-order valence-electron chi connectivity index (χ0n) is 10.0. The lowest BCUT2D eigenvalue weighted by atomic mass is 9.92. The molecule has 5 nitrogen and oxygen atoms in total. The monoisotopic (exact) mass is 224 g/mol. The zero-order valence-corrected chi connectivity index (χ0v) is 10.0. The van der Waals surface area contributed by atoms with Gasteiger partial charge in [-0.2, -0.15) is 0 Å². The molecule has 1 aromatic rings. The molecule has 1 aromatic heterocycles. The third-order valence-corrected chi connectivity index (χ3v) is 2.95. The Kier molecular flexibility index (Phi) is 3.43. The lowest BCUT2D eigenvalue weighted by molar-refractivity contribution is 0.338. The first-order valence-electron chi connectivity index (χ1n) is 5.96. The first-order chi connectivity index (χ1) is 7.69. The predicted octanol–water partition coefficient (Wildman–Crippen LogP) is 1.05. The van der Waals surface area contributed by atoms with Gasteiger partial charge in [0.1, 0.15) is 0 Å². The molecule has 2 rings (SSSR count). The second kappa shape index (κ2) is 4.82. The minimum absolute atomic E-state index is 0.550. The quantitative estimate of drug-likeness (QED) is 0.831. The maximum atomic E-state index is 5.58. The van der Waals surface area contributed by atoms with Gasteiger partial charge in [0.05, 0.1) is 0 Å². The van der Waals surface area contributed by atoms with E-state index in [1.165, 1.54) is 6.42 Å². The van der Waals surface area contributed by atoms with Crippen molar-refractivity contribution in [3.63, 3.8) is 0 Å². The molecule has 16 heavy (non-hydrogen) atoms. The first kappa shape index (κ1) is 11.4. The molecule has 0 aromatic carbocycles. The van der Waals surface area contributed by atoms with Crippen LogP contribution in [0.4, 0.5) is 6.01 Å². The summed E-state index contributed by atoms with van der Waals surface area (Å²) in [5.74, 6) is 2.02. The van der Waals surface area contributed by atoms with Crippen molar-refractivity contribution in [1.29, 1.82) is 0 Å². The van der Waals surface area contributed by atoms with Crippen LogP contribution in [0.5, 0.6) is 0 Å². The number of aromatic nitrogens is 2. The second-order valence-corrected chi connectivity index (χ2v) is 4.87. The van der Waals surface area contributed by atoms with E-state index in [-0.39, 0.29) is 0 Å². The number of piperidine rings is 1. The fourth-order valence-electron chi connectivity index (χ4n) is 2.42. The molecule has 2 unspecified atom stereocenters. The fraction of sp³-hybridized carbons (Fsp3) is 0.818. The molecule has 0 saturated carbocycles. The van der Waals surface area contributed by atoms with E-state index >= 15 is 0 Å². The van der Waals surface area contributed by atoms with Crippen LogP contribution >= 0.6 is 0 Å². The smallest absolute Gasteiger partial charge is 0.318 e. The van der Waals surface area contributed by atoms with Crippen LogP contribution in [0.25, 0.3) is 0 Å². The molecular weight excluding hydrogens is 204 g/mol. The Balaban J connectivity index is 2.04. The van der Waals surface area contributed by atoms with Gasteiger partial charge in [-0.15, -0.1) is 5.10 Å². The molecule has 1 aliphatic heterocycles. The summed E-state index contributed by atoms with van der Waals surface area (Å²) >= 11 is 0. The number of hydrogen-bond donors (Lipinski definition) is 1. The van der Waals surface area contributed by atoms with E-state index in [1.807, 2.05) is 0 Å². The molecule has 2 N–H and O–H groups in total. The summed E-state index contributed by atoms with van der Waals surface area (Å²) in [6.07, 6.45) is 1.94. The normalized spacial score (nSPS) is 26.1. The zero-order chi connectivity index (χ0) is 11.5. The van der Waals surface area contributed by atoms with Crippen LogP contribution < -0.4 is 10.6 Å². The van der Waals surface area contributed by atoms with Gasteiger partial charge in [-0.25, -0.2) is 0 Å². The van der Waals surface area contributed by atoms with Crippen LogP contribution in [0.2, 0.25) is 0 Å². The number of nitrogens with zero attached hydrogens (tertiary/aromatic N) is 3. The minimum Gasteiger partial charge on any atom is -0.408 e. The summed E-state index contributed by atoms with van der Waals surface area (Å²) in [5.41, 5.74) is 5.45.